The Bertz CT molecular complexity index is 1450. The molecular weight excluding hydrogens is 416 g/mol. The molecule has 0 spiro atoms. The minimum atomic E-state index is -3.33. The molecule has 4 rings (SSSR count). The summed E-state index contributed by atoms with van der Waals surface area (Å²) in [6.07, 6.45) is 2.77. The molecule has 2 heterocycles. The lowest BCUT2D eigenvalue weighted by Crippen LogP contribution is -2.20. The summed E-state index contributed by atoms with van der Waals surface area (Å²) in [7, 11) is -0.0951. The number of aryl methyl sites for hydroxylation is 1. The predicted molar refractivity (Wildman–Crippen MR) is 120 cm³/mol. The fourth-order valence-corrected chi connectivity index (χ4v) is 3.88. The van der Waals surface area contributed by atoms with Crippen LogP contribution in [0.15, 0.2) is 70.5 Å². The second kappa shape index (κ2) is 7.84. The molecule has 0 unspecified atom stereocenters. The number of hydrogen-bond acceptors (Lipinski definition) is 7. The molecule has 0 atom stereocenters. The van der Waals surface area contributed by atoms with Gasteiger partial charge in [-0.1, -0.05) is 18.2 Å². The van der Waals surface area contributed by atoms with E-state index < -0.39 is 9.84 Å². The molecule has 158 valence electrons. The quantitative estimate of drug-likeness (QED) is 0.513. The van der Waals surface area contributed by atoms with Gasteiger partial charge in [0.15, 0.2) is 9.84 Å². The lowest BCUT2D eigenvalue weighted by atomic mass is 10.1. The zero-order valence-corrected chi connectivity index (χ0v) is 18.0. The summed E-state index contributed by atoms with van der Waals surface area (Å²) in [4.78, 5) is 21.9. The highest BCUT2D eigenvalue weighted by Gasteiger charge is 2.12. The largest absolute Gasteiger partial charge is 0.497 e. The summed E-state index contributed by atoms with van der Waals surface area (Å²) < 4.78 is 30.2. The van der Waals surface area contributed by atoms with Gasteiger partial charge in [0.2, 0.25) is 5.95 Å². The highest BCUT2D eigenvalue weighted by Crippen LogP contribution is 2.24. The molecule has 0 radical (unpaired) electrons. The van der Waals surface area contributed by atoms with Crippen LogP contribution in [0.2, 0.25) is 0 Å². The maximum Gasteiger partial charge on any atom is 0.259 e. The number of anilines is 2. The second-order valence-corrected chi connectivity index (χ2v) is 9.06. The van der Waals surface area contributed by atoms with Gasteiger partial charge in [0.05, 0.1) is 12.0 Å². The first-order valence-electron chi connectivity index (χ1n) is 9.34. The van der Waals surface area contributed by atoms with Crippen molar-refractivity contribution in [2.24, 2.45) is 7.05 Å². The lowest BCUT2D eigenvalue weighted by molar-refractivity contribution is 0.415. The van der Waals surface area contributed by atoms with Crippen LogP contribution in [-0.2, 0) is 16.9 Å². The Morgan fingerprint density at radius 2 is 1.81 bits per heavy atom. The van der Waals surface area contributed by atoms with Crippen molar-refractivity contribution in [2.45, 2.75) is 4.90 Å². The van der Waals surface area contributed by atoms with Gasteiger partial charge in [0, 0.05) is 36.1 Å². The maximum atomic E-state index is 12.9. The SMILES string of the molecule is COc1ccc(-c2cc3cnc(Nc4cccc(S(C)(=O)=O)c4)nc3n(C)c2=O)cc1. The van der Waals surface area contributed by atoms with Crippen molar-refractivity contribution in [1.82, 2.24) is 14.5 Å². The summed E-state index contributed by atoms with van der Waals surface area (Å²) in [6.45, 7) is 0. The molecule has 2 aromatic heterocycles. The van der Waals surface area contributed by atoms with Crippen LogP contribution in [-0.4, -0.2) is 36.3 Å². The topological polar surface area (TPSA) is 103 Å². The molecule has 0 aliphatic carbocycles. The normalized spacial score (nSPS) is 11.5. The Morgan fingerprint density at radius 3 is 2.48 bits per heavy atom. The zero-order valence-electron chi connectivity index (χ0n) is 17.2. The third-order valence-electron chi connectivity index (χ3n) is 4.87. The molecule has 0 fully saturated rings. The van der Waals surface area contributed by atoms with Crippen LogP contribution in [0.3, 0.4) is 0 Å². The molecule has 0 saturated heterocycles. The number of rotatable bonds is 5. The number of methoxy groups -OCH3 is 1. The Hall–Kier alpha value is -3.72. The third kappa shape index (κ3) is 4.13. The summed E-state index contributed by atoms with van der Waals surface area (Å²) in [5.74, 6) is 0.964. The number of pyridine rings is 1. The summed E-state index contributed by atoms with van der Waals surface area (Å²) in [5.41, 5.74) is 2.09. The monoisotopic (exact) mass is 436 g/mol. The van der Waals surface area contributed by atoms with E-state index in [1.54, 1.807) is 50.7 Å². The van der Waals surface area contributed by atoms with E-state index >= 15 is 0 Å². The van der Waals surface area contributed by atoms with Crippen molar-refractivity contribution in [1.29, 1.82) is 0 Å². The van der Waals surface area contributed by atoms with Crippen molar-refractivity contribution in [3.05, 3.63) is 71.1 Å². The molecule has 31 heavy (non-hydrogen) atoms. The number of nitrogens with zero attached hydrogens (tertiary/aromatic N) is 3. The van der Waals surface area contributed by atoms with Gasteiger partial charge >= 0.3 is 0 Å². The molecule has 0 saturated carbocycles. The van der Waals surface area contributed by atoms with Crippen LogP contribution in [0, 0.1) is 0 Å². The highest BCUT2D eigenvalue weighted by atomic mass is 32.2. The first-order valence-corrected chi connectivity index (χ1v) is 11.2. The van der Waals surface area contributed by atoms with E-state index in [2.05, 4.69) is 15.3 Å². The van der Waals surface area contributed by atoms with Crippen molar-refractivity contribution in [3.8, 4) is 16.9 Å². The first kappa shape index (κ1) is 20.5. The summed E-state index contributed by atoms with van der Waals surface area (Å²) in [6, 6.07) is 15.4. The average molecular weight is 436 g/mol. The molecule has 8 nitrogen and oxygen atoms in total. The van der Waals surface area contributed by atoms with Gasteiger partial charge in [-0.2, -0.15) is 4.98 Å². The number of hydrogen-bond donors (Lipinski definition) is 1. The number of aromatic nitrogens is 3. The van der Waals surface area contributed by atoms with Gasteiger partial charge in [0.1, 0.15) is 11.4 Å². The fraction of sp³-hybridized carbons (Fsp3) is 0.136. The Kier molecular flexibility index (Phi) is 5.20. The maximum absolute atomic E-state index is 12.9. The smallest absolute Gasteiger partial charge is 0.259 e. The number of nitrogens with one attached hydrogen (secondary N) is 1. The van der Waals surface area contributed by atoms with Crippen LogP contribution in [0.1, 0.15) is 0 Å². The van der Waals surface area contributed by atoms with Crippen molar-refractivity contribution in [2.75, 3.05) is 18.7 Å². The van der Waals surface area contributed by atoms with Crippen LogP contribution in [0.25, 0.3) is 22.2 Å². The van der Waals surface area contributed by atoms with Gasteiger partial charge in [-0.15, -0.1) is 0 Å². The van der Waals surface area contributed by atoms with Crippen LogP contribution >= 0.6 is 0 Å². The molecule has 2 aromatic carbocycles. The minimum Gasteiger partial charge on any atom is -0.497 e. The Balaban J connectivity index is 1.73. The lowest BCUT2D eigenvalue weighted by Gasteiger charge is -2.11. The molecule has 0 bridgehead atoms. The molecule has 0 aliphatic heterocycles. The Morgan fingerprint density at radius 1 is 1.06 bits per heavy atom. The third-order valence-corrected chi connectivity index (χ3v) is 5.98. The summed E-state index contributed by atoms with van der Waals surface area (Å²) in [5, 5.41) is 3.70. The molecule has 4 aromatic rings. The van der Waals surface area contributed by atoms with E-state index in [9.17, 15) is 13.2 Å². The van der Waals surface area contributed by atoms with Crippen LogP contribution < -0.4 is 15.6 Å². The van der Waals surface area contributed by atoms with E-state index in [-0.39, 0.29) is 16.4 Å². The van der Waals surface area contributed by atoms with Gasteiger partial charge in [0.25, 0.3) is 5.56 Å². The van der Waals surface area contributed by atoms with E-state index in [0.717, 1.165) is 11.8 Å². The Labute approximate surface area is 179 Å². The van der Waals surface area contributed by atoms with Crippen molar-refractivity contribution < 1.29 is 13.2 Å². The van der Waals surface area contributed by atoms with E-state index in [4.69, 9.17) is 4.74 Å². The zero-order chi connectivity index (χ0) is 22.2. The van der Waals surface area contributed by atoms with Crippen LogP contribution in [0.5, 0.6) is 5.75 Å². The fourth-order valence-electron chi connectivity index (χ4n) is 3.22. The number of fused-ring (bicyclic) bond motifs is 1. The number of sulfone groups is 1. The minimum absolute atomic E-state index is 0.190. The molecule has 9 heteroatoms. The standard InChI is InChI=1S/C22H20N4O4S/c1-26-20-15(11-19(21(26)27)14-7-9-17(30-2)10-8-14)13-23-22(25-20)24-16-5-4-6-18(12-16)31(3,28)29/h4-13H,1-3H3,(H,23,24,25). The van der Waals surface area contributed by atoms with Gasteiger partial charge in [-0.05, 0) is 42.0 Å². The van der Waals surface area contributed by atoms with Crippen molar-refractivity contribution >= 4 is 32.5 Å². The van der Waals surface area contributed by atoms with Gasteiger partial charge in [-0.3, -0.25) is 9.36 Å². The highest BCUT2D eigenvalue weighted by molar-refractivity contribution is 7.90. The first-order chi connectivity index (χ1) is 14.8. The van der Waals surface area contributed by atoms with Crippen molar-refractivity contribution in [3.63, 3.8) is 0 Å². The molecule has 0 aliphatic rings. The van der Waals surface area contributed by atoms with Crippen LogP contribution in [0.4, 0.5) is 11.6 Å². The van der Waals surface area contributed by atoms with Gasteiger partial charge < -0.3 is 10.1 Å². The van der Waals surface area contributed by atoms with E-state index in [1.807, 2.05) is 12.1 Å². The molecule has 1 N–H and O–H groups in total. The molecule has 0 amide bonds. The van der Waals surface area contributed by atoms with Gasteiger partial charge in [-0.25, -0.2) is 13.4 Å². The number of benzene rings is 2. The second-order valence-electron chi connectivity index (χ2n) is 7.05. The predicted octanol–water partition coefficient (Wildman–Crippen LogP) is 3.15. The summed E-state index contributed by atoms with van der Waals surface area (Å²) >= 11 is 0. The number of ether oxygens (including phenoxy) is 1. The average Bonchev–Trinajstić information content (AvgIpc) is 2.76. The van der Waals surface area contributed by atoms with E-state index in [1.165, 1.54) is 16.7 Å². The molecular formula is C22H20N4O4S. The van der Waals surface area contributed by atoms with E-state index in [0.29, 0.717) is 28.0 Å².